The van der Waals surface area contributed by atoms with E-state index in [0.29, 0.717) is 23.4 Å². The topological polar surface area (TPSA) is 101 Å². The van der Waals surface area contributed by atoms with Crippen LogP contribution in [0.4, 0.5) is 23.8 Å². The maximum absolute atomic E-state index is 13.0. The van der Waals surface area contributed by atoms with Gasteiger partial charge in [-0.3, -0.25) is 0 Å². The van der Waals surface area contributed by atoms with E-state index in [2.05, 4.69) is 20.6 Å². The van der Waals surface area contributed by atoms with Gasteiger partial charge in [0.05, 0.1) is 0 Å². The van der Waals surface area contributed by atoms with Crippen molar-refractivity contribution in [3.05, 3.63) is 18.0 Å². The molecule has 2 amide bonds. The van der Waals surface area contributed by atoms with Crippen LogP contribution in [0.3, 0.4) is 0 Å². The summed E-state index contributed by atoms with van der Waals surface area (Å²) in [5.41, 5.74) is 5.12. The Morgan fingerprint density at radius 1 is 1.33 bits per heavy atom. The molecule has 11 heteroatoms. The minimum absolute atomic E-state index is 0.0231. The number of amides is 2. The molecule has 8 nitrogen and oxygen atoms in total. The van der Waals surface area contributed by atoms with E-state index in [-0.39, 0.29) is 11.7 Å². The number of halogens is 3. The minimum atomic E-state index is -4.64. The SMILES string of the molecule is NC(=O)NC[C@H]1CCCCN1c1ccc2nnc(C(F)(F)F)n2n1. The van der Waals surface area contributed by atoms with Gasteiger partial charge in [-0.25, -0.2) is 4.79 Å². The summed E-state index contributed by atoms with van der Waals surface area (Å²) in [5.74, 6) is -0.785. The lowest BCUT2D eigenvalue weighted by Crippen LogP contribution is -2.48. The number of alkyl halides is 3. The number of urea groups is 1. The lowest BCUT2D eigenvalue weighted by molar-refractivity contribution is -0.146. The third-order valence-corrected chi connectivity index (χ3v) is 3.94. The average Bonchev–Trinajstić information content (AvgIpc) is 2.96. The Bertz CT molecular complexity index is 745. The molecule has 0 aromatic carbocycles. The predicted octanol–water partition coefficient (Wildman–Crippen LogP) is 1.17. The van der Waals surface area contributed by atoms with E-state index in [9.17, 15) is 18.0 Å². The van der Waals surface area contributed by atoms with Crippen LogP contribution in [-0.4, -0.2) is 45.0 Å². The first kappa shape index (κ1) is 16.3. The molecular weight excluding hydrogens is 327 g/mol. The number of primary amides is 1. The van der Waals surface area contributed by atoms with Crippen LogP contribution in [0, 0.1) is 0 Å². The molecule has 0 saturated carbocycles. The number of rotatable bonds is 3. The summed E-state index contributed by atoms with van der Waals surface area (Å²) in [4.78, 5) is 12.8. The second kappa shape index (κ2) is 6.13. The zero-order valence-corrected chi connectivity index (χ0v) is 12.6. The highest BCUT2D eigenvalue weighted by Gasteiger charge is 2.38. The predicted molar refractivity (Wildman–Crippen MR) is 78.4 cm³/mol. The first-order valence-corrected chi connectivity index (χ1v) is 7.46. The Morgan fingerprint density at radius 2 is 2.12 bits per heavy atom. The number of hydrogen-bond donors (Lipinski definition) is 2. The Hall–Kier alpha value is -2.59. The van der Waals surface area contributed by atoms with Gasteiger partial charge in [0.1, 0.15) is 5.82 Å². The summed E-state index contributed by atoms with van der Waals surface area (Å²) in [6.45, 7) is 0.941. The fourth-order valence-electron chi connectivity index (χ4n) is 2.84. The van der Waals surface area contributed by atoms with Crippen molar-refractivity contribution in [2.45, 2.75) is 31.5 Å². The smallest absolute Gasteiger partial charge is 0.352 e. The van der Waals surface area contributed by atoms with Crippen molar-refractivity contribution in [3.8, 4) is 0 Å². The van der Waals surface area contributed by atoms with E-state index in [1.165, 1.54) is 6.07 Å². The Kier molecular flexibility index (Phi) is 4.16. The molecule has 0 radical (unpaired) electrons. The molecule has 3 heterocycles. The van der Waals surface area contributed by atoms with Crippen LogP contribution < -0.4 is 16.0 Å². The molecule has 1 aliphatic heterocycles. The number of hydrogen-bond acceptors (Lipinski definition) is 5. The van der Waals surface area contributed by atoms with Gasteiger partial charge in [-0.15, -0.1) is 15.3 Å². The van der Waals surface area contributed by atoms with Gasteiger partial charge in [0.15, 0.2) is 5.65 Å². The summed E-state index contributed by atoms with van der Waals surface area (Å²) < 4.78 is 39.6. The Labute approximate surface area is 134 Å². The molecule has 0 aliphatic carbocycles. The summed E-state index contributed by atoms with van der Waals surface area (Å²) in [6.07, 6.45) is -2.00. The summed E-state index contributed by atoms with van der Waals surface area (Å²) >= 11 is 0. The van der Waals surface area contributed by atoms with E-state index in [0.717, 1.165) is 19.3 Å². The van der Waals surface area contributed by atoms with E-state index in [1.807, 2.05) is 4.90 Å². The van der Waals surface area contributed by atoms with E-state index in [1.54, 1.807) is 6.07 Å². The van der Waals surface area contributed by atoms with Crippen molar-refractivity contribution in [3.63, 3.8) is 0 Å². The van der Waals surface area contributed by atoms with E-state index < -0.39 is 18.0 Å². The number of anilines is 1. The number of carbonyl (C=O) groups excluding carboxylic acids is 1. The average molecular weight is 343 g/mol. The van der Waals surface area contributed by atoms with Crippen LogP contribution >= 0.6 is 0 Å². The second-order valence-electron chi connectivity index (χ2n) is 5.57. The summed E-state index contributed by atoms with van der Waals surface area (Å²) in [5, 5.41) is 13.3. The molecule has 0 bridgehead atoms. The lowest BCUT2D eigenvalue weighted by Gasteiger charge is -2.36. The summed E-state index contributed by atoms with van der Waals surface area (Å²) in [6, 6.07) is 2.33. The molecule has 24 heavy (non-hydrogen) atoms. The highest BCUT2D eigenvalue weighted by Crippen LogP contribution is 2.29. The molecule has 2 aromatic heterocycles. The Balaban J connectivity index is 1.93. The molecule has 0 spiro atoms. The van der Waals surface area contributed by atoms with Crippen molar-refractivity contribution in [1.82, 2.24) is 25.1 Å². The number of aromatic nitrogens is 4. The van der Waals surface area contributed by atoms with Crippen LogP contribution in [0.25, 0.3) is 5.65 Å². The first-order valence-electron chi connectivity index (χ1n) is 7.46. The van der Waals surface area contributed by atoms with Crippen molar-refractivity contribution in [2.75, 3.05) is 18.0 Å². The van der Waals surface area contributed by atoms with Gasteiger partial charge in [-0.1, -0.05) is 0 Å². The number of carbonyl (C=O) groups is 1. The third kappa shape index (κ3) is 3.19. The molecule has 0 unspecified atom stereocenters. The molecule has 1 fully saturated rings. The van der Waals surface area contributed by atoms with Crippen LogP contribution in [0.5, 0.6) is 0 Å². The molecule has 3 rings (SSSR count). The molecule has 3 N–H and O–H groups in total. The maximum Gasteiger partial charge on any atom is 0.453 e. The molecule has 1 atom stereocenters. The molecular formula is C13H16F3N7O. The zero-order valence-electron chi connectivity index (χ0n) is 12.6. The quantitative estimate of drug-likeness (QED) is 0.871. The molecule has 1 saturated heterocycles. The second-order valence-corrected chi connectivity index (χ2v) is 5.57. The number of nitrogens with two attached hydrogens (primary N) is 1. The zero-order chi connectivity index (χ0) is 17.3. The highest BCUT2D eigenvalue weighted by molar-refractivity contribution is 5.71. The normalized spacial score (nSPS) is 18.8. The largest absolute Gasteiger partial charge is 0.453 e. The van der Waals surface area contributed by atoms with Crippen LogP contribution in [0.15, 0.2) is 12.1 Å². The van der Waals surface area contributed by atoms with Crippen molar-refractivity contribution in [1.29, 1.82) is 0 Å². The van der Waals surface area contributed by atoms with Gasteiger partial charge in [-0.2, -0.15) is 17.7 Å². The van der Waals surface area contributed by atoms with Gasteiger partial charge in [0.25, 0.3) is 5.82 Å². The van der Waals surface area contributed by atoms with Crippen LogP contribution in [0.1, 0.15) is 25.1 Å². The van der Waals surface area contributed by atoms with Crippen molar-refractivity contribution < 1.29 is 18.0 Å². The molecule has 130 valence electrons. The minimum Gasteiger partial charge on any atom is -0.352 e. The third-order valence-electron chi connectivity index (χ3n) is 3.94. The molecule has 1 aliphatic rings. The van der Waals surface area contributed by atoms with Crippen LogP contribution in [0.2, 0.25) is 0 Å². The molecule has 2 aromatic rings. The Morgan fingerprint density at radius 3 is 2.83 bits per heavy atom. The standard InChI is InChI=1S/C13H16F3N7O/c14-13(15,16)11-20-19-9-4-5-10(21-23(9)11)22-6-2-1-3-8(22)7-18-12(17)24/h4-5,8H,1-3,6-7H2,(H3,17,18,24)/t8-/m1/s1. The van der Waals surface area contributed by atoms with Crippen molar-refractivity contribution in [2.24, 2.45) is 5.73 Å². The van der Waals surface area contributed by atoms with Gasteiger partial charge in [0, 0.05) is 19.1 Å². The fourth-order valence-corrected chi connectivity index (χ4v) is 2.84. The first-order chi connectivity index (χ1) is 11.4. The van der Waals surface area contributed by atoms with Gasteiger partial charge >= 0.3 is 12.2 Å². The number of piperidine rings is 1. The lowest BCUT2D eigenvalue weighted by atomic mass is 10.0. The van der Waals surface area contributed by atoms with Gasteiger partial charge in [-0.05, 0) is 31.4 Å². The number of fused-ring (bicyclic) bond motifs is 1. The van der Waals surface area contributed by atoms with Crippen LogP contribution in [-0.2, 0) is 6.18 Å². The number of nitrogens with zero attached hydrogens (tertiary/aromatic N) is 5. The maximum atomic E-state index is 13.0. The monoisotopic (exact) mass is 343 g/mol. The fraction of sp³-hybridized carbons (Fsp3) is 0.538. The van der Waals surface area contributed by atoms with E-state index in [4.69, 9.17) is 5.73 Å². The number of nitrogens with one attached hydrogen (secondary N) is 1. The van der Waals surface area contributed by atoms with E-state index >= 15 is 0 Å². The van der Waals surface area contributed by atoms with Crippen molar-refractivity contribution >= 4 is 17.5 Å². The van der Waals surface area contributed by atoms with Gasteiger partial charge < -0.3 is 16.0 Å². The highest BCUT2D eigenvalue weighted by atomic mass is 19.4. The van der Waals surface area contributed by atoms with Gasteiger partial charge in [0.2, 0.25) is 0 Å². The summed E-state index contributed by atoms with van der Waals surface area (Å²) in [7, 11) is 0.